The van der Waals surface area contributed by atoms with Gasteiger partial charge in [-0.05, 0) is 25.5 Å². The molecule has 0 aromatic carbocycles. The molecule has 3 aromatic heterocycles. The third kappa shape index (κ3) is 3.34. The second-order valence-corrected chi connectivity index (χ2v) is 7.06. The Morgan fingerprint density at radius 1 is 1.48 bits per heavy atom. The van der Waals surface area contributed by atoms with Crippen molar-refractivity contribution in [2.45, 2.75) is 25.3 Å². The fourth-order valence-corrected chi connectivity index (χ4v) is 3.97. The predicted octanol–water partition coefficient (Wildman–Crippen LogP) is 2.87. The number of likely N-dealkylation sites (tertiary alicyclic amines) is 1. The van der Waals surface area contributed by atoms with Gasteiger partial charge in [-0.25, -0.2) is 4.98 Å². The Labute approximate surface area is 149 Å². The van der Waals surface area contributed by atoms with E-state index in [0.29, 0.717) is 12.5 Å². The number of anilines is 1. The average molecular weight is 353 g/mol. The first kappa shape index (κ1) is 16.0. The summed E-state index contributed by atoms with van der Waals surface area (Å²) in [6.45, 7) is 2.86. The van der Waals surface area contributed by atoms with E-state index in [0.717, 1.165) is 59.8 Å². The Bertz CT molecular complexity index is 880. The molecule has 0 saturated carbocycles. The maximum atomic E-state index is 8.82. The Morgan fingerprint density at radius 2 is 2.44 bits per heavy atom. The zero-order chi connectivity index (χ0) is 17.1. The van der Waals surface area contributed by atoms with Crippen molar-refractivity contribution in [2.75, 3.05) is 25.0 Å². The van der Waals surface area contributed by atoms with Gasteiger partial charge in [-0.3, -0.25) is 0 Å². The summed E-state index contributed by atoms with van der Waals surface area (Å²) in [5, 5.41) is 22.7. The molecule has 0 unspecified atom stereocenters. The molecule has 2 N–H and O–H groups in total. The second-order valence-electron chi connectivity index (χ2n) is 6.22. The zero-order valence-electron chi connectivity index (χ0n) is 13.8. The van der Waals surface area contributed by atoms with Gasteiger partial charge in [-0.15, -0.1) is 10.2 Å². The molecule has 1 saturated heterocycles. The monoisotopic (exact) mass is 353 g/mol. The van der Waals surface area contributed by atoms with Crippen LogP contribution in [0.4, 0.5) is 5.69 Å². The van der Waals surface area contributed by atoms with Crippen LogP contribution >= 0.6 is 11.3 Å². The Morgan fingerprint density at radius 3 is 3.28 bits per heavy atom. The Balaban J connectivity index is 1.63. The lowest BCUT2D eigenvalue weighted by Crippen LogP contribution is -2.42. The van der Waals surface area contributed by atoms with Gasteiger partial charge in [0.25, 0.3) is 0 Å². The topological polar surface area (TPSA) is 93.5 Å². The molecule has 1 aliphatic rings. The fourth-order valence-electron chi connectivity index (χ4n) is 3.40. The number of nitrogens with one attached hydrogen (secondary N) is 2. The van der Waals surface area contributed by atoms with Gasteiger partial charge >= 0.3 is 0 Å². The van der Waals surface area contributed by atoms with E-state index >= 15 is 0 Å². The number of H-pyrrole nitrogens is 1. The summed E-state index contributed by atoms with van der Waals surface area (Å²) in [6, 6.07) is 4.63. The molecule has 3 aromatic rings. The quantitative estimate of drug-likeness (QED) is 0.732. The number of pyridine rings is 1. The predicted molar refractivity (Wildman–Crippen MR) is 98.3 cm³/mol. The molecular formula is C17H19N7S. The lowest BCUT2D eigenvalue weighted by molar-refractivity contribution is 0.221. The fraction of sp³-hybridized carbons (Fsp3) is 0.412. The molecule has 25 heavy (non-hydrogen) atoms. The van der Waals surface area contributed by atoms with E-state index in [4.69, 9.17) is 5.26 Å². The van der Waals surface area contributed by atoms with Gasteiger partial charge in [0, 0.05) is 43.3 Å². The number of nitrogens with zero attached hydrogens (tertiary/aromatic N) is 5. The van der Waals surface area contributed by atoms with E-state index in [2.05, 4.69) is 36.5 Å². The Kier molecular flexibility index (Phi) is 4.59. The summed E-state index contributed by atoms with van der Waals surface area (Å²) in [7, 11) is 0. The molecular weight excluding hydrogens is 334 g/mol. The molecule has 8 heteroatoms. The summed E-state index contributed by atoms with van der Waals surface area (Å²) < 4.78 is 0. The molecule has 1 fully saturated rings. The molecule has 0 radical (unpaired) electrons. The third-order valence-corrected chi connectivity index (χ3v) is 5.30. The van der Waals surface area contributed by atoms with Gasteiger partial charge in [0.2, 0.25) is 0 Å². The normalized spacial score (nSPS) is 18.3. The minimum atomic E-state index is 0.347. The highest BCUT2D eigenvalue weighted by atomic mass is 32.1. The molecule has 0 bridgehead atoms. The molecule has 1 atom stereocenters. The minimum absolute atomic E-state index is 0.347. The van der Waals surface area contributed by atoms with Gasteiger partial charge in [0.15, 0.2) is 5.01 Å². The van der Waals surface area contributed by atoms with Crippen molar-refractivity contribution in [3.8, 4) is 16.6 Å². The van der Waals surface area contributed by atoms with Crippen LogP contribution in [0.1, 0.15) is 19.3 Å². The number of rotatable bonds is 5. The van der Waals surface area contributed by atoms with Crippen molar-refractivity contribution in [2.24, 2.45) is 0 Å². The van der Waals surface area contributed by atoms with Crippen LogP contribution in [-0.2, 0) is 0 Å². The number of hydrogen-bond acceptors (Lipinski definition) is 7. The van der Waals surface area contributed by atoms with Crippen molar-refractivity contribution in [3.05, 3.63) is 24.0 Å². The molecule has 4 rings (SSSR count). The number of aromatic amines is 1. The lowest BCUT2D eigenvalue weighted by Gasteiger charge is -2.33. The standard InChI is InChI=1S/C17H19N7S/c18-5-2-8-24-7-1-3-12(10-24)22-15-13-4-6-19-16(13)20-9-14(15)17-23-21-11-25-17/h4,6,9,11-12H,1-3,7-8,10H2,(H2,19,20,22)/t12-/m1/s1. The zero-order valence-corrected chi connectivity index (χ0v) is 14.6. The van der Waals surface area contributed by atoms with E-state index < -0.39 is 0 Å². The van der Waals surface area contributed by atoms with E-state index in [1.165, 1.54) is 11.3 Å². The van der Waals surface area contributed by atoms with Crippen LogP contribution in [0.25, 0.3) is 21.6 Å². The van der Waals surface area contributed by atoms with E-state index in [9.17, 15) is 0 Å². The number of piperidine rings is 1. The number of fused-ring (bicyclic) bond motifs is 1. The summed E-state index contributed by atoms with van der Waals surface area (Å²) >= 11 is 1.52. The number of hydrogen-bond donors (Lipinski definition) is 2. The van der Waals surface area contributed by atoms with Crippen LogP contribution in [0.3, 0.4) is 0 Å². The van der Waals surface area contributed by atoms with Crippen LogP contribution in [0.2, 0.25) is 0 Å². The van der Waals surface area contributed by atoms with Gasteiger partial charge in [0.05, 0.1) is 17.3 Å². The van der Waals surface area contributed by atoms with E-state index in [1.54, 1.807) is 5.51 Å². The third-order valence-electron chi connectivity index (χ3n) is 4.57. The number of aromatic nitrogens is 4. The van der Waals surface area contributed by atoms with Crippen LogP contribution in [-0.4, -0.2) is 50.7 Å². The summed E-state index contributed by atoms with van der Waals surface area (Å²) in [5.41, 5.74) is 4.66. The van der Waals surface area contributed by atoms with Crippen LogP contribution in [0, 0.1) is 11.3 Å². The molecule has 0 amide bonds. The highest BCUT2D eigenvalue weighted by Crippen LogP contribution is 2.35. The van der Waals surface area contributed by atoms with Crippen LogP contribution in [0.5, 0.6) is 0 Å². The molecule has 4 heterocycles. The van der Waals surface area contributed by atoms with Gasteiger partial charge in [-0.1, -0.05) is 11.3 Å². The van der Waals surface area contributed by atoms with Gasteiger partial charge in [-0.2, -0.15) is 5.26 Å². The molecule has 7 nitrogen and oxygen atoms in total. The summed E-state index contributed by atoms with van der Waals surface area (Å²) in [5.74, 6) is 0. The van der Waals surface area contributed by atoms with Gasteiger partial charge < -0.3 is 15.2 Å². The highest BCUT2D eigenvalue weighted by Gasteiger charge is 2.22. The van der Waals surface area contributed by atoms with E-state index in [-0.39, 0.29) is 0 Å². The summed E-state index contributed by atoms with van der Waals surface area (Å²) in [4.78, 5) is 10.0. The largest absolute Gasteiger partial charge is 0.380 e. The Hall–Kier alpha value is -2.50. The molecule has 128 valence electrons. The second kappa shape index (κ2) is 7.17. The van der Waals surface area contributed by atoms with Crippen molar-refractivity contribution in [3.63, 3.8) is 0 Å². The highest BCUT2D eigenvalue weighted by molar-refractivity contribution is 7.12. The van der Waals surface area contributed by atoms with E-state index in [1.807, 2.05) is 18.5 Å². The first-order chi connectivity index (χ1) is 12.3. The smallest absolute Gasteiger partial charge is 0.151 e. The first-order valence-electron chi connectivity index (χ1n) is 8.43. The lowest BCUT2D eigenvalue weighted by atomic mass is 10.0. The molecule has 0 spiro atoms. The molecule has 0 aliphatic carbocycles. The van der Waals surface area contributed by atoms with Gasteiger partial charge in [0.1, 0.15) is 11.2 Å². The molecule has 1 aliphatic heterocycles. The van der Waals surface area contributed by atoms with Crippen LogP contribution in [0.15, 0.2) is 24.0 Å². The van der Waals surface area contributed by atoms with Crippen molar-refractivity contribution < 1.29 is 0 Å². The number of nitriles is 1. The maximum Gasteiger partial charge on any atom is 0.151 e. The first-order valence-corrected chi connectivity index (χ1v) is 9.31. The van der Waals surface area contributed by atoms with Crippen molar-refractivity contribution >= 4 is 28.1 Å². The van der Waals surface area contributed by atoms with Crippen molar-refractivity contribution in [1.82, 2.24) is 25.1 Å². The summed E-state index contributed by atoms with van der Waals surface area (Å²) in [6.07, 6.45) is 6.61. The minimum Gasteiger partial charge on any atom is -0.380 e. The van der Waals surface area contributed by atoms with Crippen LogP contribution < -0.4 is 5.32 Å². The SMILES string of the molecule is N#CCCN1CCC[C@@H](Nc2c(-c3nncs3)cnc3[nH]ccc23)C1. The van der Waals surface area contributed by atoms with Crippen molar-refractivity contribution in [1.29, 1.82) is 5.26 Å². The average Bonchev–Trinajstić information content (AvgIpc) is 3.32. The maximum absolute atomic E-state index is 8.82.